The maximum atomic E-state index is 6.32. The van der Waals surface area contributed by atoms with Gasteiger partial charge in [0.05, 0.1) is 17.6 Å². The van der Waals surface area contributed by atoms with E-state index in [2.05, 4.69) is 28.9 Å². The van der Waals surface area contributed by atoms with Crippen molar-refractivity contribution in [1.29, 1.82) is 0 Å². The monoisotopic (exact) mass is 345 g/mol. The summed E-state index contributed by atoms with van der Waals surface area (Å²) in [6, 6.07) is 13.6. The molecule has 2 aromatic carbocycles. The molecule has 0 saturated carbocycles. The molecule has 1 heterocycles. The number of rotatable bonds is 3. The number of methoxy groups -OCH3 is 1. The molecule has 0 spiro atoms. The molecule has 1 atom stereocenters. The van der Waals surface area contributed by atoms with E-state index in [9.17, 15) is 0 Å². The van der Waals surface area contributed by atoms with E-state index in [4.69, 9.17) is 14.9 Å². The molecule has 0 amide bonds. The van der Waals surface area contributed by atoms with Crippen molar-refractivity contribution in [3.8, 4) is 5.75 Å². The van der Waals surface area contributed by atoms with E-state index in [0.29, 0.717) is 0 Å². The van der Waals surface area contributed by atoms with Crippen LogP contribution in [0.2, 0.25) is 0 Å². The van der Waals surface area contributed by atoms with Gasteiger partial charge >= 0.3 is 0 Å². The van der Waals surface area contributed by atoms with Crippen LogP contribution in [-0.2, 0) is 0 Å². The van der Waals surface area contributed by atoms with Gasteiger partial charge in [0.1, 0.15) is 17.1 Å². The molecule has 4 heteroatoms. The summed E-state index contributed by atoms with van der Waals surface area (Å²) in [4.78, 5) is 0. The van der Waals surface area contributed by atoms with Crippen LogP contribution in [-0.4, -0.2) is 7.11 Å². The van der Waals surface area contributed by atoms with E-state index in [1.54, 1.807) is 7.11 Å². The maximum Gasteiger partial charge on any atom is 0.134 e. The van der Waals surface area contributed by atoms with Crippen LogP contribution < -0.4 is 10.5 Å². The zero-order chi connectivity index (χ0) is 15.0. The fourth-order valence-electron chi connectivity index (χ4n) is 2.38. The van der Waals surface area contributed by atoms with Crippen LogP contribution in [0, 0.1) is 6.92 Å². The Morgan fingerprint density at radius 2 is 1.95 bits per heavy atom. The zero-order valence-corrected chi connectivity index (χ0v) is 13.5. The van der Waals surface area contributed by atoms with Crippen molar-refractivity contribution in [1.82, 2.24) is 0 Å². The Morgan fingerprint density at radius 1 is 1.14 bits per heavy atom. The Bertz CT molecular complexity index is 795. The third-order valence-electron chi connectivity index (χ3n) is 3.53. The molecular formula is C17H16BrNO2. The lowest BCUT2D eigenvalue weighted by Gasteiger charge is -2.11. The van der Waals surface area contributed by atoms with Crippen LogP contribution in [0.25, 0.3) is 11.0 Å². The van der Waals surface area contributed by atoms with Crippen molar-refractivity contribution in [2.45, 2.75) is 13.0 Å². The summed E-state index contributed by atoms with van der Waals surface area (Å²) in [6.45, 7) is 2.06. The van der Waals surface area contributed by atoms with Crippen LogP contribution in [0.4, 0.5) is 0 Å². The summed E-state index contributed by atoms with van der Waals surface area (Å²) in [5.41, 5.74) is 9.36. The van der Waals surface area contributed by atoms with Crippen molar-refractivity contribution in [2.75, 3.05) is 7.11 Å². The lowest BCUT2D eigenvalue weighted by molar-refractivity contribution is 0.411. The van der Waals surface area contributed by atoms with Crippen molar-refractivity contribution < 1.29 is 9.15 Å². The SMILES string of the molecule is COc1ccc(C(N)c2cc3cc(C)ccc3o2)cc1Br. The van der Waals surface area contributed by atoms with Gasteiger partial charge < -0.3 is 14.9 Å². The predicted octanol–water partition coefficient (Wildman–Crippen LogP) is 4.56. The van der Waals surface area contributed by atoms with E-state index in [1.165, 1.54) is 5.56 Å². The molecule has 0 fully saturated rings. The second-order valence-corrected chi connectivity index (χ2v) is 5.92. The van der Waals surface area contributed by atoms with E-state index in [-0.39, 0.29) is 6.04 Å². The van der Waals surface area contributed by atoms with Crippen molar-refractivity contribution >= 4 is 26.9 Å². The summed E-state index contributed by atoms with van der Waals surface area (Å²) >= 11 is 3.48. The summed E-state index contributed by atoms with van der Waals surface area (Å²) in [7, 11) is 1.64. The first-order chi connectivity index (χ1) is 10.1. The minimum Gasteiger partial charge on any atom is -0.496 e. The number of benzene rings is 2. The second kappa shape index (κ2) is 5.54. The molecule has 108 valence electrons. The van der Waals surface area contributed by atoms with E-state index < -0.39 is 0 Å². The number of ether oxygens (including phenoxy) is 1. The van der Waals surface area contributed by atoms with Gasteiger partial charge in [-0.15, -0.1) is 0 Å². The molecule has 0 bridgehead atoms. The van der Waals surface area contributed by atoms with Gasteiger partial charge in [-0.3, -0.25) is 0 Å². The third kappa shape index (κ3) is 2.69. The number of halogens is 1. The fourth-order valence-corrected chi connectivity index (χ4v) is 2.94. The Balaban J connectivity index is 1.99. The van der Waals surface area contributed by atoms with Crippen LogP contribution in [0.1, 0.15) is 22.9 Å². The van der Waals surface area contributed by atoms with E-state index in [0.717, 1.165) is 32.5 Å². The van der Waals surface area contributed by atoms with E-state index >= 15 is 0 Å². The lowest BCUT2D eigenvalue weighted by atomic mass is 10.0. The van der Waals surface area contributed by atoms with Gasteiger partial charge in [0.25, 0.3) is 0 Å². The standard InChI is InChI=1S/C17H16BrNO2/c1-10-3-5-14-12(7-10)9-16(21-14)17(19)11-4-6-15(20-2)13(18)8-11/h3-9,17H,19H2,1-2H3. The molecule has 0 aliphatic heterocycles. The Hall–Kier alpha value is -1.78. The number of hydrogen-bond donors (Lipinski definition) is 1. The van der Waals surface area contributed by atoms with Crippen molar-refractivity contribution in [2.24, 2.45) is 5.73 Å². The van der Waals surface area contributed by atoms with E-state index in [1.807, 2.05) is 36.4 Å². The largest absolute Gasteiger partial charge is 0.496 e. The van der Waals surface area contributed by atoms with Gasteiger partial charge in [0.2, 0.25) is 0 Å². The van der Waals surface area contributed by atoms with Gasteiger partial charge in [-0.2, -0.15) is 0 Å². The first kappa shape index (κ1) is 14.2. The first-order valence-corrected chi connectivity index (χ1v) is 7.47. The molecule has 3 rings (SSSR count). The molecule has 0 saturated heterocycles. The number of furan rings is 1. The maximum absolute atomic E-state index is 6.32. The number of hydrogen-bond acceptors (Lipinski definition) is 3. The van der Waals surface area contributed by atoms with Crippen molar-refractivity contribution in [3.63, 3.8) is 0 Å². The minimum atomic E-state index is -0.306. The summed E-state index contributed by atoms with van der Waals surface area (Å²) in [5.74, 6) is 1.54. The Morgan fingerprint density at radius 3 is 2.67 bits per heavy atom. The summed E-state index contributed by atoms with van der Waals surface area (Å²) in [5, 5.41) is 1.08. The second-order valence-electron chi connectivity index (χ2n) is 5.06. The molecule has 0 aliphatic rings. The predicted molar refractivity (Wildman–Crippen MR) is 87.7 cm³/mol. The first-order valence-electron chi connectivity index (χ1n) is 6.67. The molecular weight excluding hydrogens is 330 g/mol. The molecule has 1 aromatic heterocycles. The average Bonchev–Trinajstić information content (AvgIpc) is 2.89. The molecule has 0 radical (unpaired) electrons. The summed E-state index contributed by atoms with van der Waals surface area (Å²) in [6.07, 6.45) is 0. The quantitative estimate of drug-likeness (QED) is 0.756. The molecule has 21 heavy (non-hydrogen) atoms. The number of aryl methyl sites for hydroxylation is 1. The fraction of sp³-hybridized carbons (Fsp3) is 0.176. The van der Waals surface area contributed by atoms with Crippen LogP contribution in [0.5, 0.6) is 5.75 Å². The third-order valence-corrected chi connectivity index (χ3v) is 4.15. The van der Waals surface area contributed by atoms with Crippen LogP contribution >= 0.6 is 15.9 Å². The average molecular weight is 346 g/mol. The number of nitrogens with two attached hydrogens (primary N) is 1. The highest BCUT2D eigenvalue weighted by Crippen LogP contribution is 2.31. The van der Waals surface area contributed by atoms with Gasteiger partial charge in [-0.05, 0) is 58.7 Å². The number of fused-ring (bicyclic) bond motifs is 1. The highest BCUT2D eigenvalue weighted by molar-refractivity contribution is 9.10. The van der Waals surface area contributed by atoms with Crippen molar-refractivity contribution in [3.05, 3.63) is 63.8 Å². The molecule has 1 unspecified atom stereocenters. The summed E-state index contributed by atoms with van der Waals surface area (Å²) < 4.78 is 12.0. The van der Waals surface area contributed by atoms with Gasteiger partial charge in [0, 0.05) is 5.39 Å². The van der Waals surface area contributed by atoms with Gasteiger partial charge in [0.15, 0.2) is 0 Å². The van der Waals surface area contributed by atoms with Gasteiger partial charge in [-0.1, -0.05) is 17.7 Å². The molecule has 2 N–H and O–H groups in total. The smallest absolute Gasteiger partial charge is 0.134 e. The molecule has 3 aromatic rings. The van der Waals surface area contributed by atoms with Crippen LogP contribution in [0.3, 0.4) is 0 Å². The minimum absolute atomic E-state index is 0.306. The Kier molecular flexibility index (Phi) is 3.74. The molecule has 0 aliphatic carbocycles. The topological polar surface area (TPSA) is 48.4 Å². The zero-order valence-electron chi connectivity index (χ0n) is 11.9. The normalized spacial score (nSPS) is 12.6. The highest BCUT2D eigenvalue weighted by atomic mass is 79.9. The Labute approximate surface area is 131 Å². The lowest BCUT2D eigenvalue weighted by Crippen LogP contribution is -2.10. The molecule has 3 nitrogen and oxygen atoms in total. The van der Waals surface area contributed by atoms with Crippen LogP contribution in [0.15, 0.2) is 51.4 Å². The van der Waals surface area contributed by atoms with Gasteiger partial charge in [-0.25, -0.2) is 0 Å². The highest BCUT2D eigenvalue weighted by Gasteiger charge is 2.15.